The number of hydrogen-bond acceptors (Lipinski definition) is 3. The van der Waals surface area contributed by atoms with Gasteiger partial charge in [-0.1, -0.05) is 20.8 Å². The van der Waals surface area contributed by atoms with E-state index in [9.17, 15) is 4.79 Å². The number of hydrogen-bond donors (Lipinski definition) is 1. The molecule has 1 aliphatic heterocycles. The Morgan fingerprint density at radius 1 is 1.26 bits per heavy atom. The van der Waals surface area contributed by atoms with E-state index in [1.54, 1.807) is 14.2 Å². The molecule has 1 aromatic carbocycles. The van der Waals surface area contributed by atoms with Gasteiger partial charge in [0.15, 0.2) is 11.5 Å². The number of nitrogens with zero attached hydrogens (tertiary/aromatic N) is 1. The molecule has 2 amide bonds. The first-order valence-corrected chi connectivity index (χ1v) is 8.06. The maximum atomic E-state index is 12.5. The Kier molecular flexibility index (Phi) is 5.07. The van der Waals surface area contributed by atoms with Crippen LogP contribution in [-0.4, -0.2) is 38.2 Å². The van der Waals surface area contributed by atoms with Crippen LogP contribution in [0.5, 0.6) is 11.5 Å². The highest BCUT2D eigenvalue weighted by Gasteiger charge is 2.29. The van der Waals surface area contributed by atoms with E-state index >= 15 is 0 Å². The van der Waals surface area contributed by atoms with Crippen LogP contribution in [0.4, 0.5) is 4.79 Å². The summed E-state index contributed by atoms with van der Waals surface area (Å²) in [5.74, 6) is 1.44. The lowest BCUT2D eigenvalue weighted by atomic mass is 9.93. The zero-order valence-corrected chi connectivity index (χ0v) is 15.0. The number of fused-ring (bicyclic) bond motifs is 1. The molecular formula is C18H28N2O3. The summed E-state index contributed by atoms with van der Waals surface area (Å²) in [7, 11) is 3.27. The van der Waals surface area contributed by atoms with Crippen molar-refractivity contribution in [2.75, 3.05) is 27.3 Å². The third-order valence-corrected chi connectivity index (χ3v) is 4.22. The molecule has 0 aliphatic carbocycles. The third-order valence-electron chi connectivity index (χ3n) is 4.22. The van der Waals surface area contributed by atoms with Crippen LogP contribution in [0, 0.1) is 5.41 Å². The van der Waals surface area contributed by atoms with E-state index in [0.717, 1.165) is 17.7 Å². The van der Waals surface area contributed by atoms with Crippen molar-refractivity contribution >= 4 is 6.03 Å². The molecule has 0 fully saturated rings. The molecule has 0 saturated carbocycles. The first-order valence-electron chi connectivity index (χ1n) is 8.06. The SMILES string of the molecule is COc1cc2c(cc1OC)C(C)N(C(=O)NCC(C)(C)C)CC2. The summed E-state index contributed by atoms with van der Waals surface area (Å²) in [5.41, 5.74) is 2.42. The van der Waals surface area contributed by atoms with E-state index in [2.05, 4.69) is 33.0 Å². The topological polar surface area (TPSA) is 50.8 Å². The lowest BCUT2D eigenvalue weighted by molar-refractivity contribution is 0.170. The quantitative estimate of drug-likeness (QED) is 0.929. The van der Waals surface area contributed by atoms with Gasteiger partial charge in [0.2, 0.25) is 0 Å². The second-order valence-corrected chi connectivity index (χ2v) is 7.24. The molecule has 5 heteroatoms. The van der Waals surface area contributed by atoms with E-state index in [1.807, 2.05) is 17.0 Å². The summed E-state index contributed by atoms with van der Waals surface area (Å²) >= 11 is 0. The minimum atomic E-state index is -0.00661. The molecule has 0 saturated heterocycles. The molecule has 0 spiro atoms. The normalized spacial score (nSPS) is 17.5. The number of carbonyl (C=O) groups excluding carboxylic acids is 1. The average Bonchev–Trinajstić information content (AvgIpc) is 2.51. The van der Waals surface area contributed by atoms with Crippen molar-refractivity contribution in [2.45, 2.75) is 40.2 Å². The van der Waals surface area contributed by atoms with E-state index in [1.165, 1.54) is 5.56 Å². The van der Waals surface area contributed by atoms with Crippen LogP contribution >= 0.6 is 0 Å². The van der Waals surface area contributed by atoms with Gasteiger partial charge in [-0.15, -0.1) is 0 Å². The Morgan fingerprint density at radius 3 is 2.43 bits per heavy atom. The number of ether oxygens (including phenoxy) is 2. The molecule has 1 N–H and O–H groups in total. The molecular weight excluding hydrogens is 292 g/mol. The highest BCUT2D eigenvalue weighted by Crippen LogP contribution is 2.37. The van der Waals surface area contributed by atoms with Gasteiger partial charge in [-0.25, -0.2) is 4.79 Å². The minimum Gasteiger partial charge on any atom is -0.493 e. The number of methoxy groups -OCH3 is 2. The van der Waals surface area contributed by atoms with E-state index in [4.69, 9.17) is 9.47 Å². The van der Waals surface area contributed by atoms with Crippen molar-refractivity contribution in [2.24, 2.45) is 5.41 Å². The van der Waals surface area contributed by atoms with Gasteiger partial charge in [-0.2, -0.15) is 0 Å². The van der Waals surface area contributed by atoms with Crippen LogP contribution in [0.15, 0.2) is 12.1 Å². The number of carbonyl (C=O) groups is 1. The number of benzene rings is 1. The molecule has 1 aliphatic rings. The molecule has 1 unspecified atom stereocenters. The molecule has 23 heavy (non-hydrogen) atoms. The Balaban J connectivity index is 2.20. The summed E-state index contributed by atoms with van der Waals surface area (Å²) in [6, 6.07) is 4.02. The molecule has 0 aromatic heterocycles. The second-order valence-electron chi connectivity index (χ2n) is 7.24. The monoisotopic (exact) mass is 320 g/mol. The highest BCUT2D eigenvalue weighted by atomic mass is 16.5. The predicted molar refractivity (Wildman–Crippen MR) is 91.2 cm³/mol. The van der Waals surface area contributed by atoms with Crippen molar-refractivity contribution in [3.8, 4) is 11.5 Å². The fourth-order valence-corrected chi connectivity index (χ4v) is 2.86. The first-order chi connectivity index (χ1) is 10.8. The van der Waals surface area contributed by atoms with Crippen LogP contribution in [0.3, 0.4) is 0 Å². The summed E-state index contributed by atoms with van der Waals surface area (Å²) in [6.07, 6.45) is 0.822. The van der Waals surface area contributed by atoms with Gasteiger partial charge in [-0.3, -0.25) is 0 Å². The van der Waals surface area contributed by atoms with Crippen molar-refractivity contribution in [3.05, 3.63) is 23.3 Å². The summed E-state index contributed by atoms with van der Waals surface area (Å²) in [6.45, 7) is 9.76. The van der Waals surface area contributed by atoms with Gasteiger partial charge in [-0.05, 0) is 42.0 Å². The minimum absolute atomic E-state index is 0.00661. The number of urea groups is 1. The van der Waals surface area contributed by atoms with Crippen LogP contribution in [0.1, 0.15) is 44.9 Å². The van der Waals surface area contributed by atoms with E-state index in [-0.39, 0.29) is 17.5 Å². The van der Waals surface area contributed by atoms with Crippen molar-refractivity contribution in [1.82, 2.24) is 10.2 Å². The van der Waals surface area contributed by atoms with Crippen molar-refractivity contribution in [1.29, 1.82) is 0 Å². The molecule has 1 aromatic rings. The summed E-state index contributed by atoms with van der Waals surface area (Å²) < 4.78 is 10.8. The number of rotatable bonds is 3. The fourth-order valence-electron chi connectivity index (χ4n) is 2.86. The molecule has 1 atom stereocenters. The Labute approximate surface area is 139 Å². The molecule has 2 rings (SSSR count). The first kappa shape index (κ1) is 17.4. The van der Waals surface area contributed by atoms with Crippen LogP contribution in [0.2, 0.25) is 0 Å². The van der Waals surface area contributed by atoms with E-state index < -0.39 is 0 Å². The van der Waals surface area contributed by atoms with Gasteiger partial charge in [0, 0.05) is 13.1 Å². The molecule has 5 nitrogen and oxygen atoms in total. The highest BCUT2D eigenvalue weighted by molar-refractivity contribution is 5.75. The molecule has 128 valence electrons. The Bertz CT molecular complexity index is 578. The van der Waals surface area contributed by atoms with Gasteiger partial charge in [0.25, 0.3) is 0 Å². The standard InChI is InChI=1S/C18H28N2O3/c1-12-14-10-16(23-6)15(22-5)9-13(14)7-8-20(12)17(21)19-11-18(2,3)4/h9-10,12H,7-8,11H2,1-6H3,(H,19,21). The predicted octanol–water partition coefficient (Wildman–Crippen LogP) is 3.38. The lowest BCUT2D eigenvalue weighted by Crippen LogP contribution is -2.46. The number of amides is 2. The Morgan fingerprint density at radius 2 is 1.87 bits per heavy atom. The van der Waals surface area contributed by atoms with Gasteiger partial charge in [0.05, 0.1) is 20.3 Å². The Hall–Kier alpha value is -1.91. The van der Waals surface area contributed by atoms with E-state index in [0.29, 0.717) is 18.8 Å². The third kappa shape index (κ3) is 3.89. The maximum Gasteiger partial charge on any atom is 0.317 e. The fraction of sp³-hybridized carbons (Fsp3) is 0.611. The average molecular weight is 320 g/mol. The second kappa shape index (κ2) is 6.69. The van der Waals surface area contributed by atoms with Gasteiger partial charge >= 0.3 is 6.03 Å². The number of nitrogens with one attached hydrogen (secondary N) is 1. The van der Waals surface area contributed by atoms with Crippen molar-refractivity contribution < 1.29 is 14.3 Å². The lowest BCUT2D eigenvalue weighted by Gasteiger charge is -2.36. The molecule has 0 radical (unpaired) electrons. The smallest absolute Gasteiger partial charge is 0.317 e. The van der Waals surface area contributed by atoms with Crippen LogP contribution < -0.4 is 14.8 Å². The van der Waals surface area contributed by atoms with Crippen LogP contribution in [0.25, 0.3) is 0 Å². The maximum absolute atomic E-state index is 12.5. The molecule has 1 heterocycles. The van der Waals surface area contributed by atoms with Crippen LogP contribution in [-0.2, 0) is 6.42 Å². The largest absolute Gasteiger partial charge is 0.493 e. The summed E-state index contributed by atoms with van der Waals surface area (Å²) in [5, 5.41) is 3.04. The van der Waals surface area contributed by atoms with Gasteiger partial charge in [0.1, 0.15) is 0 Å². The van der Waals surface area contributed by atoms with Crippen molar-refractivity contribution in [3.63, 3.8) is 0 Å². The zero-order chi connectivity index (χ0) is 17.2. The molecule has 0 bridgehead atoms. The summed E-state index contributed by atoms with van der Waals surface area (Å²) in [4.78, 5) is 14.4. The van der Waals surface area contributed by atoms with Gasteiger partial charge < -0.3 is 19.7 Å². The zero-order valence-electron chi connectivity index (χ0n) is 15.0.